The van der Waals surface area contributed by atoms with Gasteiger partial charge in [-0.15, -0.1) is 0 Å². The lowest BCUT2D eigenvalue weighted by Gasteiger charge is -2.16. The van der Waals surface area contributed by atoms with Gasteiger partial charge in [0.1, 0.15) is 11.6 Å². The fourth-order valence-corrected chi connectivity index (χ4v) is 1.54. The van der Waals surface area contributed by atoms with Gasteiger partial charge in [0.2, 0.25) is 0 Å². The topological polar surface area (TPSA) is 15.3 Å². The van der Waals surface area contributed by atoms with E-state index in [2.05, 4.69) is 5.32 Å². The summed E-state index contributed by atoms with van der Waals surface area (Å²) in [6, 6.07) is 3.63. The molecule has 0 saturated heterocycles. The van der Waals surface area contributed by atoms with Crippen molar-refractivity contribution in [1.29, 1.82) is 0 Å². The van der Waals surface area contributed by atoms with Gasteiger partial charge in [-0.1, -0.05) is 6.92 Å². The maximum absolute atomic E-state index is 12.9. The van der Waals surface area contributed by atoms with Crippen LogP contribution in [0.1, 0.15) is 12.5 Å². The number of benzene rings is 1. The van der Waals surface area contributed by atoms with E-state index in [-0.39, 0.29) is 0 Å². The third-order valence-electron chi connectivity index (χ3n) is 2.30. The summed E-state index contributed by atoms with van der Waals surface area (Å²) in [6.07, 6.45) is 0. The first kappa shape index (κ1) is 13.1. The van der Waals surface area contributed by atoms with Gasteiger partial charge in [-0.2, -0.15) is 0 Å². The summed E-state index contributed by atoms with van der Waals surface area (Å²) in [5, 5.41) is 3.20. The smallest absolute Gasteiger partial charge is 0.126 e. The van der Waals surface area contributed by atoms with Crippen molar-refractivity contribution in [2.24, 2.45) is 0 Å². The monoisotopic (exact) mass is 228 g/mol. The van der Waals surface area contributed by atoms with Crippen LogP contribution in [0.5, 0.6) is 0 Å². The molecule has 90 valence electrons. The Hall–Kier alpha value is -1.00. The van der Waals surface area contributed by atoms with Crippen molar-refractivity contribution in [2.45, 2.75) is 13.5 Å². The fourth-order valence-electron chi connectivity index (χ4n) is 1.54. The Bertz CT molecular complexity index is 309. The van der Waals surface area contributed by atoms with E-state index >= 15 is 0 Å². The van der Waals surface area contributed by atoms with Gasteiger partial charge < -0.3 is 10.2 Å². The quantitative estimate of drug-likeness (QED) is 0.749. The fraction of sp³-hybridized carbons (Fsp3) is 0.500. The highest BCUT2D eigenvalue weighted by molar-refractivity contribution is 5.17. The van der Waals surface area contributed by atoms with E-state index in [1.165, 1.54) is 12.1 Å². The molecule has 16 heavy (non-hydrogen) atoms. The van der Waals surface area contributed by atoms with Crippen molar-refractivity contribution < 1.29 is 8.78 Å². The van der Waals surface area contributed by atoms with Gasteiger partial charge in [0, 0.05) is 25.7 Å². The molecule has 0 atom stereocenters. The molecular weight excluding hydrogens is 210 g/mol. The summed E-state index contributed by atoms with van der Waals surface area (Å²) >= 11 is 0. The highest BCUT2D eigenvalue weighted by atomic mass is 19.1. The molecule has 0 fully saturated rings. The number of hydrogen-bond acceptors (Lipinski definition) is 2. The average Bonchev–Trinajstić information content (AvgIpc) is 2.16. The molecule has 1 aromatic rings. The van der Waals surface area contributed by atoms with E-state index in [4.69, 9.17) is 0 Å². The van der Waals surface area contributed by atoms with Crippen LogP contribution in [-0.4, -0.2) is 31.6 Å². The molecule has 2 nitrogen and oxygen atoms in total. The molecule has 0 unspecified atom stereocenters. The first-order valence-corrected chi connectivity index (χ1v) is 5.46. The van der Waals surface area contributed by atoms with Crippen molar-refractivity contribution in [3.63, 3.8) is 0 Å². The maximum atomic E-state index is 12.9. The number of likely N-dealkylation sites (N-methyl/N-ethyl adjacent to an activating group) is 2. The third-order valence-corrected chi connectivity index (χ3v) is 2.30. The zero-order valence-corrected chi connectivity index (χ0v) is 9.76. The summed E-state index contributed by atoms with van der Waals surface area (Å²) in [6.45, 7) is 5.27. The van der Waals surface area contributed by atoms with Crippen molar-refractivity contribution in [3.8, 4) is 0 Å². The van der Waals surface area contributed by atoms with Crippen LogP contribution in [0.15, 0.2) is 18.2 Å². The Balaban J connectivity index is 2.45. The molecule has 4 heteroatoms. The molecule has 0 aliphatic rings. The minimum Gasteiger partial charge on any atom is -0.316 e. The largest absolute Gasteiger partial charge is 0.316 e. The van der Waals surface area contributed by atoms with Gasteiger partial charge in [-0.25, -0.2) is 8.78 Å². The predicted octanol–water partition coefficient (Wildman–Crippen LogP) is 2.01. The van der Waals surface area contributed by atoms with Crippen LogP contribution in [0.3, 0.4) is 0 Å². The average molecular weight is 228 g/mol. The molecule has 0 aromatic heterocycles. The van der Waals surface area contributed by atoms with Crippen molar-refractivity contribution >= 4 is 0 Å². The van der Waals surface area contributed by atoms with Gasteiger partial charge in [0.25, 0.3) is 0 Å². The molecule has 0 aliphatic carbocycles. The summed E-state index contributed by atoms with van der Waals surface area (Å²) in [5.74, 6) is -1.04. The van der Waals surface area contributed by atoms with Crippen molar-refractivity contribution in [3.05, 3.63) is 35.4 Å². The first-order valence-electron chi connectivity index (χ1n) is 5.46. The van der Waals surface area contributed by atoms with Crippen molar-refractivity contribution in [1.82, 2.24) is 10.2 Å². The number of halogens is 2. The molecule has 1 aromatic carbocycles. The Morgan fingerprint density at radius 1 is 1.19 bits per heavy atom. The Labute approximate surface area is 95.3 Å². The second-order valence-electron chi connectivity index (χ2n) is 3.87. The Morgan fingerprint density at radius 2 is 1.81 bits per heavy atom. The normalized spacial score (nSPS) is 11.1. The van der Waals surface area contributed by atoms with E-state index in [0.29, 0.717) is 12.1 Å². The van der Waals surface area contributed by atoms with E-state index in [9.17, 15) is 8.78 Å². The lowest BCUT2D eigenvalue weighted by molar-refractivity contribution is 0.324. The summed E-state index contributed by atoms with van der Waals surface area (Å²) < 4.78 is 25.8. The highest BCUT2D eigenvalue weighted by Gasteiger charge is 2.03. The summed E-state index contributed by atoms with van der Waals surface area (Å²) in [4.78, 5) is 2.02. The molecule has 0 amide bonds. The first-order chi connectivity index (χ1) is 7.61. The van der Waals surface area contributed by atoms with Crippen LogP contribution in [0.25, 0.3) is 0 Å². The third kappa shape index (κ3) is 4.68. The SMILES string of the molecule is CCNCCN(C)Cc1cc(F)cc(F)c1. The van der Waals surface area contributed by atoms with Gasteiger partial charge in [-0.3, -0.25) is 0 Å². The minimum absolute atomic E-state index is 0.518. The highest BCUT2D eigenvalue weighted by Crippen LogP contribution is 2.09. The van der Waals surface area contributed by atoms with Crippen LogP contribution in [0.2, 0.25) is 0 Å². The zero-order chi connectivity index (χ0) is 12.0. The van der Waals surface area contributed by atoms with Crippen LogP contribution in [0.4, 0.5) is 8.78 Å². The van der Waals surface area contributed by atoms with E-state index < -0.39 is 11.6 Å². The number of rotatable bonds is 6. The molecule has 0 saturated carbocycles. The second-order valence-corrected chi connectivity index (χ2v) is 3.87. The van der Waals surface area contributed by atoms with E-state index in [1.54, 1.807) is 0 Å². The molecule has 0 bridgehead atoms. The number of hydrogen-bond donors (Lipinski definition) is 1. The molecular formula is C12H18F2N2. The Morgan fingerprint density at radius 3 is 2.38 bits per heavy atom. The van der Waals surface area contributed by atoms with E-state index in [0.717, 1.165) is 25.7 Å². The summed E-state index contributed by atoms with van der Waals surface area (Å²) in [5.41, 5.74) is 0.663. The van der Waals surface area contributed by atoms with Gasteiger partial charge in [0.15, 0.2) is 0 Å². The van der Waals surface area contributed by atoms with Gasteiger partial charge >= 0.3 is 0 Å². The molecule has 0 heterocycles. The maximum Gasteiger partial charge on any atom is 0.126 e. The zero-order valence-electron chi connectivity index (χ0n) is 9.76. The number of nitrogens with one attached hydrogen (secondary N) is 1. The standard InChI is InChI=1S/C12H18F2N2/c1-3-15-4-5-16(2)9-10-6-11(13)8-12(14)7-10/h6-8,15H,3-5,9H2,1-2H3. The second kappa shape index (κ2) is 6.55. The van der Waals surface area contributed by atoms with Gasteiger partial charge in [-0.05, 0) is 31.3 Å². The lowest BCUT2D eigenvalue weighted by Crippen LogP contribution is -2.28. The molecule has 0 radical (unpaired) electrons. The molecule has 1 rings (SSSR count). The molecule has 0 spiro atoms. The molecule has 1 N–H and O–H groups in total. The Kier molecular flexibility index (Phi) is 5.35. The molecule has 0 aliphatic heterocycles. The number of nitrogens with zero attached hydrogens (tertiary/aromatic N) is 1. The minimum atomic E-state index is -0.518. The van der Waals surface area contributed by atoms with Gasteiger partial charge in [0.05, 0.1) is 0 Å². The van der Waals surface area contributed by atoms with Crippen LogP contribution in [0, 0.1) is 11.6 Å². The van der Waals surface area contributed by atoms with E-state index in [1.807, 2.05) is 18.9 Å². The summed E-state index contributed by atoms with van der Waals surface area (Å²) in [7, 11) is 1.93. The van der Waals surface area contributed by atoms with Crippen LogP contribution < -0.4 is 5.32 Å². The lowest BCUT2D eigenvalue weighted by atomic mass is 10.2. The predicted molar refractivity (Wildman–Crippen MR) is 61.2 cm³/mol. The van der Waals surface area contributed by atoms with Crippen LogP contribution >= 0.6 is 0 Å². The van der Waals surface area contributed by atoms with Crippen molar-refractivity contribution in [2.75, 3.05) is 26.7 Å². The van der Waals surface area contributed by atoms with Crippen LogP contribution in [-0.2, 0) is 6.54 Å².